The van der Waals surface area contributed by atoms with E-state index in [0.29, 0.717) is 18.2 Å². The molecule has 0 atom stereocenters. The van der Waals surface area contributed by atoms with E-state index in [4.69, 9.17) is 9.15 Å². The average Bonchev–Trinajstić information content (AvgIpc) is 2.74. The van der Waals surface area contributed by atoms with Crippen molar-refractivity contribution in [2.45, 2.75) is 27.7 Å². The minimum Gasteiger partial charge on any atom is -0.460 e. The summed E-state index contributed by atoms with van der Waals surface area (Å²) in [4.78, 5) is 16.0. The maximum Gasteiger partial charge on any atom is 0.376 e. The first-order chi connectivity index (χ1) is 9.02. The molecule has 0 saturated carbocycles. The zero-order chi connectivity index (χ0) is 14.0. The van der Waals surface area contributed by atoms with Gasteiger partial charge in [0.2, 0.25) is 11.7 Å². The van der Waals surface area contributed by atoms with Crippen molar-refractivity contribution in [1.82, 2.24) is 4.98 Å². The molecule has 0 unspecified atom stereocenters. The van der Waals surface area contributed by atoms with E-state index in [0.717, 1.165) is 16.7 Å². The Balaban J connectivity index is 2.44. The maximum absolute atomic E-state index is 11.7. The van der Waals surface area contributed by atoms with Gasteiger partial charge in [0.1, 0.15) is 0 Å². The molecule has 2 rings (SSSR count). The lowest BCUT2D eigenvalue weighted by atomic mass is 10.1. The van der Waals surface area contributed by atoms with Gasteiger partial charge < -0.3 is 9.15 Å². The Bertz CT molecular complexity index is 614. The van der Waals surface area contributed by atoms with Gasteiger partial charge in [-0.2, -0.15) is 0 Å². The van der Waals surface area contributed by atoms with Crippen LogP contribution in [0, 0.1) is 20.8 Å². The predicted octanol–water partition coefficient (Wildman–Crippen LogP) is 3.44. The smallest absolute Gasteiger partial charge is 0.376 e. The SMILES string of the molecule is CCOC(=O)c1oc(-c2cc(C)ccc2C)nc1C. The summed E-state index contributed by atoms with van der Waals surface area (Å²) in [5, 5.41) is 0. The summed E-state index contributed by atoms with van der Waals surface area (Å²) in [7, 11) is 0. The molecule has 0 aliphatic rings. The van der Waals surface area contributed by atoms with Gasteiger partial charge in [-0.25, -0.2) is 9.78 Å². The van der Waals surface area contributed by atoms with E-state index in [9.17, 15) is 4.79 Å². The van der Waals surface area contributed by atoms with Gasteiger partial charge >= 0.3 is 5.97 Å². The second-order valence-electron chi connectivity index (χ2n) is 4.47. The molecule has 1 aromatic heterocycles. The number of benzene rings is 1. The number of hydrogen-bond donors (Lipinski definition) is 0. The van der Waals surface area contributed by atoms with Crippen molar-refractivity contribution in [3.63, 3.8) is 0 Å². The van der Waals surface area contributed by atoms with Crippen LogP contribution in [0.15, 0.2) is 22.6 Å². The number of aryl methyl sites for hydroxylation is 3. The van der Waals surface area contributed by atoms with E-state index in [1.54, 1.807) is 13.8 Å². The van der Waals surface area contributed by atoms with Gasteiger partial charge in [-0.3, -0.25) is 0 Å². The summed E-state index contributed by atoms with van der Waals surface area (Å²) in [6.45, 7) is 7.81. The summed E-state index contributed by atoms with van der Waals surface area (Å²) in [6, 6.07) is 6.03. The molecular formula is C15H17NO3. The quantitative estimate of drug-likeness (QED) is 0.792. The van der Waals surface area contributed by atoms with Gasteiger partial charge in [0.15, 0.2) is 0 Å². The molecule has 1 heterocycles. The largest absolute Gasteiger partial charge is 0.460 e. The third-order valence-electron chi connectivity index (χ3n) is 2.88. The lowest BCUT2D eigenvalue weighted by Crippen LogP contribution is -2.04. The van der Waals surface area contributed by atoms with Gasteiger partial charge in [0.05, 0.1) is 12.3 Å². The summed E-state index contributed by atoms with van der Waals surface area (Å²) < 4.78 is 10.5. The first kappa shape index (κ1) is 13.3. The minimum atomic E-state index is -0.468. The number of carbonyl (C=O) groups is 1. The van der Waals surface area contributed by atoms with Crippen molar-refractivity contribution >= 4 is 5.97 Å². The first-order valence-electron chi connectivity index (χ1n) is 6.25. The Hall–Kier alpha value is -2.10. The van der Waals surface area contributed by atoms with Crippen molar-refractivity contribution in [3.8, 4) is 11.5 Å². The number of nitrogens with zero attached hydrogens (tertiary/aromatic N) is 1. The van der Waals surface area contributed by atoms with Crippen LogP contribution in [-0.4, -0.2) is 17.6 Å². The lowest BCUT2D eigenvalue weighted by Gasteiger charge is -2.02. The standard InChI is InChI=1S/C15H17NO3/c1-5-18-15(17)13-11(4)16-14(19-13)12-8-9(2)6-7-10(12)3/h6-8H,5H2,1-4H3. The minimum absolute atomic E-state index is 0.178. The molecule has 0 fully saturated rings. The highest BCUT2D eigenvalue weighted by atomic mass is 16.5. The van der Waals surface area contributed by atoms with Gasteiger partial charge in [0, 0.05) is 5.56 Å². The summed E-state index contributed by atoms with van der Waals surface area (Å²) in [5.74, 6) is 0.170. The fourth-order valence-corrected chi connectivity index (χ4v) is 1.86. The highest BCUT2D eigenvalue weighted by Gasteiger charge is 2.20. The van der Waals surface area contributed by atoms with Crippen molar-refractivity contribution in [2.75, 3.05) is 6.61 Å². The van der Waals surface area contributed by atoms with Crippen LogP contribution in [0.1, 0.15) is 34.3 Å². The Labute approximate surface area is 112 Å². The third-order valence-corrected chi connectivity index (χ3v) is 2.88. The molecule has 0 aliphatic heterocycles. The maximum atomic E-state index is 11.7. The van der Waals surface area contributed by atoms with Crippen LogP contribution in [0.25, 0.3) is 11.5 Å². The monoisotopic (exact) mass is 259 g/mol. The number of esters is 1. The molecule has 0 saturated heterocycles. The van der Waals surface area contributed by atoms with E-state index in [2.05, 4.69) is 4.98 Å². The Kier molecular flexibility index (Phi) is 3.69. The third kappa shape index (κ3) is 2.67. The molecule has 0 bridgehead atoms. The first-order valence-corrected chi connectivity index (χ1v) is 6.25. The van der Waals surface area contributed by atoms with Gasteiger partial charge in [-0.15, -0.1) is 0 Å². The zero-order valence-electron chi connectivity index (χ0n) is 11.6. The Morgan fingerprint density at radius 2 is 2.05 bits per heavy atom. The number of rotatable bonds is 3. The molecule has 19 heavy (non-hydrogen) atoms. The van der Waals surface area contributed by atoms with Gasteiger partial charge in [-0.1, -0.05) is 17.7 Å². The van der Waals surface area contributed by atoms with Crippen molar-refractivity contribution in [1.29, 1.82) is 0 Å². The fraction of sp³-hybridized carbons (Fsp3) is 0.333. The molecule has 2 aromatic rings. The summed E-state index contributed by atoms with van der Waals surface area (Å²) >= 11 is 0. The van der Waals surface area contributed by atoms with E-state index >= 15 is 0 Å². The Morgan fingerprint density at radius 1 is 1.32 bits per heavy atom. The van der Waals surface area contributed by atoms with Crippen LogP contribution in [0.4, 0.5) is 0 Å². The molecule has 100 valence electrons. The Morgan fingerprint density at radius 3 is 2.74 bits per heavy atom. The van der Waals surface area contributed by atoms with Crippen LogP contribution in [0.3, 0.4) is 0 Å². The normalized spacial score (nSPS) is 10.5. The molecule has 0 spiro atoms. The summed E-state index contributed by atoms with van der Waals surface area (Å²) in [5.41, 5.74) is 3.63. The number of carbonyl (C=O) groups excluding carboxylic acids is 1. The number of ether oxygens (including phenoxy) is 1. The number of aromatic nitrogens is 1. The van der Waals surface area contributed by atoms with Crippen LogP contribution in [0.2, 0.25) is 0 Å². The molecule has 0 aliphatic carbocycles. The van der Waals surface area contributed by atoms with Crippen molar-refractivity contribution in [3.05, 3.63) is 40.8 Å². The van der Waals surface area contributed by atoms with Crippen LogP contribution >= 0.6 is 0 Å². The molecule has 0 amide bonds. The van der Waals surface area contributed by atoms with E-state index in [-0.39, 0.29) is 5.76 Å². The topological polar surface area (TPSA) is 52.3 Å². The van der Waals surface area contributed by atoms with E-state index in [1.807, 2.05) is 32.0 Å². The molecule has 1 aromatic carbocycles. The van der Waals surface area contributed by atoms with Gasteiger partial charge in [0.25, 0.3) is 0 Å². The highest BCUT2D eigenvalue weighted by Crippen LogP contribution is 2.26. The van der Waals surface area contributed by atoms with Crippen LogP contribution in [-0.2, 0) is 4.74 Å². The molecule has 0 radical (unpaired) electrons. The second kappa shape index (κ2) is 5.26. The van der Waals surface area contributed by atoms with Crippen LogP contribution in [0.5, 0.6) is 0 Å². The molecule has 0 N–H and O–H groups in total. The average molecular weight is 259 g/mol. The highest BCUT2D eigenvalue weighted by molar-refractivity contribution is 5.88. The number of oxazole rings is 1. The van der Waals surface area contributed by atoms with E-state index < -0.39 is 5.97 Å². The zero-order valence-corrected chi connectivity index (χ0v) is 11.6. The summed E-state index contributed by atoms with van der Waals surface area (Å²) in [6.07, 6.45) is 0. The lowest BCUT2D eigenvalue weighted by molar-refractivity contribution is 0.0490. The van der Waals surface area contributed by atoms with E-state index in [1.165, 1.54) is 0 Å². The van der Waals surface area contributed by atoms with Crippen molar-refractivity contribution < 1.29 is 13.9 Å². The van der Waals surface area contributed by atoms with Gasteiger partial charge in [-0.05, 0) is 39.3 Å². The molecular weight excluding hydrogens is 242 g/mol. The number of hydrogen-bond acceptors (Lipinski definition) is 4. The van der Waals surface area contributed by atoms with Crippen molar-refractivity contribution in [2.24, 2.45) is 0 Å². The predicted molar refractivity (Wildman–Crippen MR) is 72.1 cm³/mol. The van der Waals surface area contributed by atoms with Crippen LogP contribution < -0.4 is 0 Å². The second-order valence-corrected chi connectivity index (χ2v) is 4.47. The molecule has 4 nitrogen and oxygen atoms in total. The molecule has 4 heteroatoms. The fourth-order valence-electron chi connectivity index (χ4n) is 1.86.